The quantitative estimate of drug-likeness (QED) is 0.892. The monoisotopic (exact) mass is 251 g/mol. The molecule has 100 valence electrons. The highest BCUT2D eigenvalue weighted by atomic mass is 16.3. The molecule has 0 radical (unpaired) electrons. The van der Waals surface area contributed by atoms with E-state index in [0.29, 0.717) is 24.3 Å². The van der Waals surface area contributed by atoms with Crippen molar-refractivity contribution < 1.29 is 14.3 Å². The number of nitrogens with zero attached hydrogens (tertiary/aromatic N) is 1. The first-order chi connectivity index (χ1) is 8.56. The highest BCUT2D eigenvalue weighted by Crippen LogP contribution is 2.30. The van der Waals surface area contributed by atoms with E-state index >= 15 is 0 Å². The molecule has 0 aromatic carbocycles. The van der Waals surface area contributed by atoms with Crippen molar-refractivity contribution in [1.29, 1.82) is 0 Å². The molecule has 0 aliphatic heterocycles. The Labute approximate surface area is 108 Å². The zero-order valence-corrected chi connectivity index (χ0v) is 11.1. The molecule has 1 fully saturated rings. The zero-order valence-electron chi connectivity index (χ0n) is 11.1. The van der Waals surface area contributed by atoms with Gasteiger partial charge in [0, 0.05) is 20.0 Å². The molecule has 1 heterocycles. The second-order valence-electron chi connectivity index (χ2n) is 5.20. The Hall–Kier alpha value is -1.29. The van der Waals surface area contributed by atoms with Gasteiger partial charge in [-0.25, -0.2) is 0 Å². The molecule has 0 bridgehead atoms. The molecule has 1 N–H and O–H groups in total. The van der Waals surface area contributed by atoms with E-state index in [9.17, 15) is 9.90 Å². The number of hydrogen-bond donors (Lipinski definition) is 1. The number of aryl methyl sites for hydroxylation is 1. The van der Waals surface area contributed by atoms with Gasteiger partial charge in [-0.2, -0.15) is 0 Å². The highest BCUT2D eigenvalue weighted by Gasteiger charge is 2.34. The fraction of sp³-hybridized carbons (Fsp3) is 0.643. The maximum Gasteiger partial charge on any atom is 0.257 e. The van der Waals surface area contributed by atoms with Gasteiger partial charge in [0.25, 0.3) is 5.91 Å². The summed E-state index contributed by atoms with van der Waals surface area (Å²) < 4.78 is 5.27. The fourth-order valence-electron chi connectivity index (χ4n) is 2.72. The molecular weight excluding hydrogens is 230 g/mol. The number of amides is 1. The third-order valence-electron chi connectivity index (χ3n) is 3.71. The Bertz CT molecular complexity index is 418. The van der Waals surface area contributed by atoms with Gasteiger partial charge in [-0.15, -0.1) is 0 Å². The Balaban J connectivity index is 2.05. The molecule has 1 aliphatic carbocycles. The van der Waals surface area contributed by atoms with Crippen molar-refractivity contribution in [2.24, 2.45) is 0 Å². The van der Waals surface area contributed by atoms with Crippen LogP contribution in [0.5, 0.6) is 0 Å². The molecule has 18 heavy (non-hydrogen) atoms. The largest absolute Gasteiger partial charge is 0.469 e. The summed E-state index contributed by atoms with van der Waals surface area (Å²) in [5, 5.41) is 10.3. The van der Waals surface area contributed by atoms with Crippen LogP contribution in [0.2, 0.25) is 0 Å². The van der Waals surface area contributed by atoms with Gasteiger partial charge in [0.2, 0.25) is 0 Å². The average molecular weight is 251 g/mol. The van der Waals surface area contributed by atoms with Crippen LogP contribution in [-0.2, 0) is 6.42 Å². The number of likely N-dealkylation sites (N-methyl/N-ethyl adjacent to an activating group) is 1. The van der Waals surface area contributed by atoms with Gasteiger partial charge in [-0.3, -0.25) is 4.79 Å². The normalized spacial score (nSPS) is 17.9. The molecule has 2 rings (SSSR count). The van der Waals surface area contributed by atoms with Crippen molar-refractivity contribution in [3.63, 3.8) is 0 Å². The summed E-state index contributed by atoms with van der Waals surface area (Å²) >= 11 is 0. The van der Waals surface area contributed by atoms with E-state index in [4.69, 9.17) is 4.42 Å². The van der Waals surface area contributed by atoms with Crippen molar-refractivity contribution >= 4 is 5.91 Å². The Morgan fingerprint density at radius 2 is 2.17 bits per heavy atom. The van der Waals surface area contributed by atoms with E-state index < -0.39 is 5.60 Å². The minimum atomic E-state index is -0.694. The smallest absolute Gasteiger partial charge is 0.257 e. The van der Waals surface area contributed by atoms with Crippen LogP contribution in [0.3, 0.4) is 0 Å². The Kier molecular flexibility index (Phi) is 3.76. The highest BCUT2D eigenvalue weighted by molar-refractivity contribution is 5.95. The lowest BCUT2D eigenvalue weighted by atomic mass is 10.0. The predicted octanol–water partition coefficient (Wildman–Crippen LogP) is 2.22. The molecular formula is C14H21NO3. The van der Waals surface area contributed by atoms with Crippen LogP contribution >= 0.6 is 0 Å². The third-order valence-corrected chi connectivity index (χ3v) is 3.71. The van der Waals surface area contributed by atoms with E-state index in [1.807, 2.05) is 6.92 Å². The van der Waals surface area contributed by atoms with Crippen LogP contribution in [0.15, 0.2) is 16.7 Å². The van der Waals surface area contributed by atoms with Gasteiger partial charge < -0.3 is 14.4 Å². The fourth-order valence-corrected chi connectivity index (χ4v) is 2.72. The van der Waals surface area contributed by atoms with Crippen LogP contribution in [0.25, 0.3) is 0 Å². The lowest BCUT2D eigenvalue weighted by molar-refractivity contribution is 0.0156. The molecule has 1 aromatic heterocycles. The maximum absolute atomic E-state index is 12.3. The number of hydrogen-bond acceptors (Lipinski definition) is 3. The third kappa shape index (κ3) is 2.58. The second-order valence-corrected chi connectivity index (χ2v) is 5.20. The number of carbonyl (C=O) groups is 1. The average Bonchev–Trinajstić information content (AvgIpc) is 2.96. The maximum atomic E-state index is 12.3. The van der Waals surface area contributed by atoms with Gasteiger partial charge in [0.05, 0.1) is 17.4 Å². The SMILES string of the molecule is CCc1occc1C(=O)N(C)CC1(O)CCCC1. The second kappa shape index (κ2) is 5.14. The number of carbonyl (C=O) groups excluding carboxylic acids is 1. The predicted molar refractivity (Wildman–Crippen MR) is 68.5 cm³/mol. The lowest BCUT2D eigenvalue weighted by Crippen LogP contribution is -2.42. The van der Waals surface area contributed by atoms with Gasteiger partial charge in [-0.1, -0.05) is 19.8 Å². The van der Waals surface area contributed by atoms with Crippen molar-refractivity contribution in [3.05, 3.63) is 23.7 Å². The van der Waals surface area contributed by atoms with Crippen LogP contribution < -0.4 is 0 Å². The van der Waals surface area contributed by atoms with Crippen LogP contribution in [0, 0.1) is 0 Å². The number of rotatable bonds is 4. The molecule has 4 nitrogen and oxygen atoms in total. The standard InChI is InChI=1S/C14H21NO3/c1-3-12-11(6-9-18-12)13(16)15(2)10-14(17)7-4-5-8-14/h6,9,17H,3-5,7-8,10H2,1-2H3. The topological polar surface area (TPSA) is 53.7 Å². The summed E-state index contributed by atoms with van der Waals surface area (Å²) in [6, 6.07) is 1.70. The Morgan fingerprint density at radius 1 is 1.50 bits per heavy atom. The van der Waals surface area contributed by atoms with Gasteiger partial charge in [0.1, 0.15) is 5.76 Å². The first-order valence-electron chi connectivity index (χ1n) is 6.60. The number of furan rings is 1. The summed E-state index contributed by atoms with van der Waals surface area (Å²) in [4.78, 5) is 13.9. The molecule has 0 atom stereocenters. The summed E-state index contributed by atoms with van der Waals surface area (Å²) in [5.74, 6) is 0.645. The van der Waals surface area contributed by atoms with Crippen molar-refractivity contribution in [3.8, 4) is 0 Å². The van der Waals surface area contributed by atoms with Gasteiger partial charge in [-0.05, 0) is 18.9 Å². The van der Waals surface area contributed by atoms with Crippen molar-refractivity contribution in [2.45, 2.75) is 44.6 Å². The first-order valence-corrected chi connectivity index (χ1v) is 6.60. The minimum absolute atomic E-state index is 0.0686. The first kappa shape index (κ1) is 13.1. The molecule has 0 unspecified atom stereocenters. The summed E-state index contributed by atoms with van der Waals surface area (Å²) in [6.45, 7) is 2.36. The number of aliphatic hydroxyl groups is 1. The molecule has 1 amide bonds. The van der Waals surface area contributed by atoms with E-state index in [1.54, 1.807) is 24.3 Å². The molecule has 0 spiro atoms. The molecule has 0 saturated heterocycles. The van der Waals surface area contributed by atoms with Crippen LogP contribution in [-0.4, -0.2) is 35.1 Å². The summed E-state index contributed by atoms with van der Waals surface area (Å²) in [7, 11) is 1.74. The molecule has 1 aliphatic rings. The molecule has 4 heteroatoms. The van der Waals surface area contributed by atoms with Gasteiger partial charge >= 0.3 is 0 Å². The van der Waals surface area contributed by atoms with Crippen molar-refractivity contribution in [1.82, 2.24) is 4.90 Å². The van der Waals surface area contributed by atoms with Crippen LogP contribution in [0.4, 0.5) is 0 Å². The van der Waals surface area contributed by atoms with Crippen LogP contribution in [0.1, 0.15) is 48.7 Å². The van der Waals surface area contributed by atoms with E-state index in [0.717, 1.165) is 25.7 Å². The zero-order chi connectivity index (χ0) is 13.2. The molecule has 1 aromatic rings. The lowest BCUT2D eigenvalue weighted by Gasteiger charge is -2.28. The summed E-state index contributed by atoms with van der Waals surface area (Å²) in [6.07, 6.45) is 5.92. The van der Waals surface area contributed by atoms with E-state index in [-0.39, 0.29) is 5.91 Å². The summed E-state index contributed by atoms with van der Waals surface area (Å²) in [5.41, 5.74) is -0.0813. The van der Waals surface area contributed by atoms with Crippen molar-refractivity contribution in [2.75, 3.05) is 13.6 Å². The molecule has 1 saturated carbocycles. The minimum Gasteiger partial charge on any atom is -0.469 e. The Morgan fingerprint density at radius 3 is 2.78 bits per heavy atom. The van der Waals surface area contributed by atoms with E-state index in [2.05, 4.69) is 0 Å². The van der Waals surface area contributed by atoms with Gasteiger partial charge in [0.15, 0.2) is 0 Å². The van der Waals surface area contributed by atoms with E-state index in [1.165, 1.54) is 0 Å².